The Morgan fingerprint density at radius 2 is 1.88 bits per heavy atom. The van der Waals surface area contributed by atoms with Gasteiger partial charge in [-0.1, -0.05) is 24.3 Å². The van der Waals surface area contributed by atoms with Gasteiger partial charge in [0.15, 0.2) is 0 Å². The Morgan fingerprint density at radius 3 is 2.62 bits per heavy atom. The summed E-state index contributed by atoms with van der Waals surface area (Å²) in [5.41, 5.74) is 1.01. The van der Waals surface area contributed by atoms with Crippen LogP contribution in [0.5, 0.6) is 11.5 Å². The van der Waals surface area contributed by atoms with Gasteiger partial charge in [0.1, 0.15) is 30.3 Å². The number of aliphatic hydroxyl groups is 2. The number of hydrogen-bond donors (Lipinski definition) is 4. The standard InChI is InChI=1S/C18H20N2O4/c19-9-14-4-1-2-7-18(14)24-12-16(22)10-20-11-17(23)13-5-3-6-15(21)8-13/h1-8,16-17,20-23H,10-12H2. The first kappa shape index (κ1) is 17.8. The molecule has 6 nitrogen and oxygen atoms in total. The van der Waals surface area contributed by atoms with Gasteiger partial charge in [0.25, 0.3) is 0 Å². The number of ether oxygens (including phenoxy) is 1. The smallest absolute Gasteiger partial charge is 0.137 e. The van der Waals surface area contributed by atoms with Crippen molar-refractivity contribution in [2.24, 2.45) is 0 Å². The molecule has 0 aliphatic carbocycles. The third-order valence-electron chi connectivity index (χ3n) is 3.41. The number of nitrogens with one attached hydrogen (secondary N) is 1. The van der Waals surface area contributed by atoms with Gasteiger partial charge in [-0.15, -0.1) is 0 Å². The highest BCUT2D eigenvalue weighted by atomic mass is 16.5. The summed E-state index contributed by atoms with van der Waals surface area (Å²) in [4.78, 5) is 0. The first-order chi connectivity index (χ1) is 11.6. The summed E-state index contributed by atoms with van der Waals surface area (Å²) < 4.78 is 5.44. The van der Waals surface area contributed by atoms with Crippen LogP contribution in [0, 0.1) is 11.3 Å². The van der Waals surface area contributed by atoms with Crippen LogP contribution in [0.1, 0.15) is 17.2 Å². The van der Waals surface area contributed by atoms with Crippen LogP contribution in [0.25, 0.3) is 0 Å². The quantitative estimate of drug-likeness (QED) is 0.582. The number of aromatic hydroxyl groups is 1. The molecule has 0 saturated heterocycles. The van der Waals surface area contributed by atoms with Crippen molar-refractivity contribution in [3.05, 3.63) is 59.7 Å². The molecule has 2 atom stereocenters. The lowest BCUT2D eigenvalue weighted by molar-refractivity contribution is 0.0995. The van der Waals surface area contributed by atoms with E-state index in [0.29, 0.717) is 16.9 Å². The van der Waals surface area contributed by atoms with Gasteiger partial charge in [-0.3, -0.25) is 0 Å². The van der Waals surface area contributed by atoms with E-state index in [4.69, 9.17) is 10.00 Å². The molecule has 4 N–H and O–H groups in total. The fourth-order valence-electron chi connectivity index (χ4n) is 2.17. The number of hydrogen-bond acceptors (Lipinski definition) is 6. The average molecular weight is 328 g/mol. The van der Waals surface area contributed by atoms with Crippen molar-refractivity contribution in [3.63, 3.8) is 0 Å². The molecule has 2 unspecified atom stereocenters. The van der Waals surface area contributed by atoms with Crippen LogP contribution >= 0.6 is 0 Å². The van der Waals surface area contributed by atoms with Crippen molar-refractivity contribution in [3.8, 4) is 17.6 Å². The summed E-state index contributed by atoms with van der Waals surface area (Å²) in [6, 6.07) is 15.2. The molecule has 0 amide bonds. The molecule has 0 bridgehead atoms. The Balaban J connectivity index is 1.73. The first-order valence-electron chi connectivity index (χ1n) is 7.58. The lowest BCUT2D eigenvalue weighted by Crippen LogP contribution is -2.33. The van der Waals surface area contributed by atoms with Gasteiger partial charge in [0.2, 0.25) is 0 Å². The minimum absolute atomic E-state index is 0.0356. The van der Waals surface area contributed by atoms with Crippen molar-refractivity contribution < 1.29 is 20.1 Å². The van der Waals surface area contributed by atoms with Gasteiger partial charge in [-0.05, 0) is 29.8 Å². The van der Waals surface area contributed by atoms with Crippen LogP contribution in [0.3, 0.4) is 0 Å². The predicted octanol–water partition coefficient (Wildman–Crippen LogP) is 1.33. The van der Waals surface area contributed by atoms with Crippen LogP contribution in [0.4, 0.5) is 0 Å². The van der Waals surface area contributed by atoms with Crippen LogP contribution < -0.4 is 10.1 Å². The molecule has 2 rings (SSSR count). The maximum atomic E-state index is 10.0. The van der Waals surface area contributed by atoms with E-state index in [9.17, 15) is 15.3 Å². The van der Waals surface area contributed by atoms with Crippen molar-refractivity contribution in [1.82, 2.24) is 5.32 Å². The Hall–Kier alpha value is -2.59. The maximum Gasteiger partial charge on any atom is 0.137 e. The van der Waals surface area contributed by atoms with Crippen LogP contribution in [0.2, 0.25) is 0 Å². The molecular weight excluding hydrogens is 308 g/mol. The van der Waals surface area contributed by atoms with Crippen molar-refractivity contribution in [2.45, 2.75) is 12.2 Å². The lowest BCUT2D eigenvalue weighted by Gasteiger charge is -2.16. The molecule has 0 radical (unpaired) electrons. The summed E-state index contributed by atoms with van der Waals surface area (Å²) in [5.74, 6) is 0.523. The highest BCUT2D eigenvalue weighted by Crippen LogP contribution is 2.18. The highest BCUT2D eigenvalue weighted by molar-refractivity contribution is 5.42. The average Bonchev–Trinajstić information content (AvgIpc) is 2.60. The number of nitrogens with zero attached hydrogens (tertiary/aromatic N) is 1. The van der Waals surface area contributed by atoms with Gasteiger partial charge in [0, 0.05) is 13.1 Å². The van der Waals surface area contributed by atoms with E-state index < -0.39 is 12.2 Å². The topological polar surface area (TPSA) is 106 Å². The second-order valence-corrected chi connectivity index (χ2v) is 5.34. The Labute approximate surface area is 140 Å². The molecule has 2 aromatic carbocycles. The van der Waals surface area contributed by atoms with Crippen LogP contribution in [-0.2, 0) is 0 Å². The van der Waals surface area contributed by atoms with Gasteiger partial charge in [0.05, 0.1) is 11.7 Å². The molecule has 0 spiro atoms. The van der Waals surface area contributed by atoms with Gasteiger partial charge in [-0.2, -0.15) is 5.26 Å². The van der Waals surface area contributed by atoms with Crippen molar-refractivity contribution in [1.29, 1.82) is 5.26 Å². The van der Waals surface area contributed by atoms with E-state index in [2.05, 4.69) is 5.32 Å². The van der Waals surface area contributed by atoms with Gasteiger partial charge < -0.3 is 25.4 Å². The van der Waals surface area contributed by atoms with Gasteiger partial charge in [-0.25, -0.2) is 0 Å². The first-order valence-corrected chi connectivity index (χ1v) is 7.58. The third-order valence-corrected chi connectivity index (χ3v) is 3.41. The van der Waals surface area contributed by atoms with E-state index in [1.165, 1.54) is 12.1 Å². The zero-order valence-electron chi connectivity index (χ0n) is 13.1. The summed E-state index contributed by atoms with van der Waals surface area (Å²) in [7, 11) is 0. The van der Waals surface area contributed by atoms with E-state index in [0.717, 1.165) is 0 Å². The molecule has 0 heterocycles. The Bertz CT molecular complexity index is 699. The molecule has 2 aromatic rings. The number of para-hydroxylation sites is 1. The van der Waals surface area contributed by atoms with Crippen LogP contribution in [-0.4, -0.2) is 41.1 Å². The number of phenols is 1. The maximum absolute atomic E-state index is 10.0. The number of nitriles is 1. The SMILES string of the molecule is N#Cc1ccccc1OCC(O)CNCC(O)c1cccc(O)c1. The molecule has 0 saturated carbocycles. The van der Waals surface area contributed by atoms with Crippen molar-refractivity contribution in [2.75, 3.05) is 19.7 Å². The summed E-state index contributed by atoms with van der Waals surface area (Å²) in [6.07, 6.45) is -1.57. The minimum atomic E-state index is -0.787. The molecule has 0 aliphatic heterocycles. The van der Waals surface area contributed by atoms with Crippen LogP contribution in [0.15, 0.2) is 48.5 Å². The van der Waals surface area contributed by atoms with E-state index in [1.807, 2.05) is 6.07 Å². The van der Waals surface area contributed by atoms with E-state index >= 15 is 0 Å². The molecule has 0 aliphatic rings. The Kier molecular flexibility index (Phi) is 6.58. The molecule has 126 valence electrons. The second kappa shape index (κ2) is 8.89. The summed E-state index contributed by atoms with van der Waals surface area (Å²) in [6.45, 7) is 0.494. The summed E-state index contributed by atoms with van der Waals surface area (Å²) in [5, 5.41) is 41.2. The Morgan fingerprint density at radius 1 is 1.08 bits per heavy atom. The molecule has 24 heavy (non-hydrogen) atoms. The molecular formula is C18H20N2O4. The zero-order valence-corrected chi connectivity index (χ0v) is 13.1. The monoisotopic (exact) mass is 328 g/mol. The fourth-order valence-corrected chi connectivity index (χ4v) is 2.17. The predicted molar refractivity (Wildman–Crippen MR) is 88.6 cm³/mol. The van der Waals surface area contributed by atoms with E-state index in [1.54, 1.807) is 36.4 Å². The number of benzene rings is 2. The number of rotatable bonds is 8. The molecule has 0 fully saturated rings. The third kappa shape index (κ3) is 5.25. The molecule has 0 aromatic heterocycles. The fraction of sp³-hybridized carbons (Fsp3) is 0.278. The largest absolute Gasteiger partial charge is 0.508 e. The normalized spacial score (nSPS) is 13.0. The minimum Gasteiger partial charge on any atom is -0.508 e. The zero-order chi connectivity index (χ0) is 17.4. The van der Waals surface area contributed by atoms with Crippen molar-refractivity contribution >= 4 is 0 Å². The highest BCUT2D eigenvalue weighted by Gasteiger charge is 2.11. The number of aliphatic hydroxyl groups excluding tert-OH is 2. The molecule has 6 heteroatoms. The van der Waals surface area contributed by atoms with Gasteiger partial charge >= 0.3 is 0 Å². The number of phenolic OH excluding ortho intramolecular Hbond substituents is 1. The lowest BCUT2D eigenvalue weighted by atomic mass is 10.1. The second-order valence-electron chi connectivity index (χ2n) is 5.34. The van der Waals surface area contributed by atoms with E-state index in [-0.39, 0.29) is 25.4 Å². The summed E-state index contributed by atoms with van der Waals surface area (Å²) >= 11 is 0.